The number of rotatable bonds is 12. The first-order valence-electron chi connectivity index (χ1n) is 12.2. The Hall–Kier alpha value is -3.48. The molecule has 0 fully saturated rings. The Kier molecular flexibility index (Phi) is 8.65. The van der Waals surface area contributed by atoms with Crippen LogP contribution >= 0.6 is 0 Å². The molecule has 0 aliphatic heterocycles. The third-order valence-electron chi connectivity index (χ3n) is 6.40. The molecular weight excluding hydrogens is 440 g/mol. The van der Waals surface area contributed by atoms with Gasteiger partial charge in [0.05, 0.1) is 6.61 Å². The number of nitrogens with two attached hydrogens (primary N) is 1. The lowest BCUT2D eigenvalue weighted by Gasteiger charge is -2.14. The summed E-state index contributed by atoms with van der Waals surface area (Å²) in [4.78, 5) is 29.0. The summed E-state index contributed by atoms with van der Waals surface area (Å²) in [6.07, 6.45) is 4.21. The van der Waals surface area contributed by atoms with E-state index in [4.69, 9.17) is 10.6 Å². The lowest BCUT2D eigenvalue weighted by Crippen LogP contribution is -2.12. The molecule has 6 nitrogen and oxygen atoms in total. The third kappa shape index (κ3) is 6.56. The van der Waals surface area contributed by atoms with Gasteiger partial charge in [-0.3, -0.25) is 14.4 Å². The Labute approximate surface area is 206 Å². The molecule has 0 spiro atoms. The van der Waals surface area contributed by atoms with Crippen molar-refractivity contribution in [2.75, 3.05) is 11.9 Å². The van der Waals surface area contributed by atoms with Gasteiger partial charge in [-0.1, -0.05) is 73.5 Å². The van der Waals surface area contributed by atoms with Crippen LogP contribution in [0.25, 0.3) is 11.1 Å². The van der Waals surface area contributed by atoms with Crippen molar-refractivity contribution >= 4 is 17.6 Å². The fourth-order valence-corrected chi connectivity index (χ4v) is 4.60. The number of hydrogen-bond donors (Lipinski definition) is 2. The maximum atomic E-state index is 12.3. The average Bonchev–Trinajstić information content (AvgIpc) is 3.20. The summed E-state index contributed by atoms with van der Waals surface area (Å²) in [5.74, 6) is 4.99. The van der Waals surface area contributed by atoms with Gasteiger partial charge in [-0.25, -0.2) is 5.90 Å². The van der Waals surface area contributed by atoms with E-state index in [1.165, 1.54) is 22.3 Å². The highest BCUT2D eigenvalue weighted by Gasteiger charge is 2.28. The van der Waals surface area contributed by atoms with Crippen LogP contribution in [0.15, 0.2) is 72.8 Å². The smallest absolute Gasteiger partial charge is 0.305 e. The monoisotopic (exact) mass is 472 g/mol. The zero-order chi connectivity index (χ0) is 24.5. The summed E-state index contributed by atoms with van der Waals surface area (Å²) in [6.45, 7) is 0.706. The van der Waals surface area contributed by atoms with E-state index in [0.29, 0.717) is 26.1 Å². The largest absolute Gasteiger partial charge is 0.465 e. The van der Waals surface area contributed by atoms with Crippen LogP contribution in [0.3, 0.4) is 0 Å². The molecule has 35 heavy (non-hydrogen) atoms. The number of nitrogens with one attached hydrogen (secondary N) is 1. The van der Waals surface area contributed by atoms with Crippen molar-refractivity contribution in [2.24, 2.45) is 5.90 Å². The molecule has 6 heteroatoms. The molecule has 3 aromatic carbocycles. The molecule has 0 bridgehead atoms. The van der Waals surface area contributed by atoms with E-state index in [1.807, 2.05) is 48.5 Å². The molecule has 182 valence electrons. The zero-order valence-corrected chi connectivity index (χ0v) is 19.9. The van der Waals surface area contributed by atoms with E-state index in [1.54, 1.807) is 0 Å². The normalized spacial score (nSPS) is 12.1. The van der Waals surface area contributed by atoms with Crippen LogP contribution in [0.5, 0.6) is 0 Å². The molecule has 4 rings (SSSR count). The first-order valence-corrected chi connectivity index (χ1v) is 12.2. The van der Waals surface area contributed by atoms with Crippen molar-refractivity contribution in [3.05, 3.63) is 89.5 Å². The minimum absolute atomic E-state index is 0.00985. The second kappa shape index (κ2) is 12.3. The van der Waals surface area contributed by atoms with Gasteiger partial charge in [0, 0.05) is 24.4 Å². The Balaban J connectivity index is 1.11. The van der Waals surface area contributed by atoms with Gasteiger partial charge >= 0.3 is 5.97 Å². The van der Waals surface area contributed by atoms with E-state index in [-0.39, 0.29) is 17.8 Å². The van der Waals surface area contributed by atoms with E-state index in [9.17, 15) is 9.59 Å². The van der Waals surface area contributed by atoms with E-state index < -0.39 is 0 Å². The molecule has 1 aliphatic rings. The number of ether oxygens (including phenoxy) is 1. The molecule has 0 unspecified atom stereocenters. The molecule has 3 N–H and O–H groups in total. The number of carbonyl (C=O) groups is 2. The molecule has 1 amide bonds. The van der Waals surface area contributed by atoms with Crippen LogP contribution < -0.4 is 11.2 Å². The number of hydrogen-bond acceptors (Lipinski definition) is 5. The van der Waals surface area contributed by atoms with Crippen LogP contribution in [0, 0.1) is 0 Å². The first-order chi connectivity index (χ1) is 17.2. The Morgan fingerprint density at radius 1 is 0.771 bits per heavy atom. The van der Waals surface area contributed by atoms with Gasteiger partial charge in [0.15, 0.2) is 0 Å². The summed E-state index contributed by atoms with van der Waals surface area (Å²) in [6, 6.07) is 24.1. The van der Waals surface area contributed by atoms with Gasteiger partial charge in [-0.15, -0.1) is 0 Å². The SMILES string of the molecule is NOCc1ccc(NC(=O)CCCCCCC(=O)OCC2c3ccccc3-c3ccccc32)cc1. The second-order valence-electron chi connectivity index (χ2n) is 8.88. The molecule has 3 aromatic rings. The number of anilines is 1. The van der Waals surface area contributed by atoms with Gasteiger partial charge in [-0.05, 0) is 52.8 Å². The predicted molar refractivity (Wildman–Crippen MR) is 136 cm³/mol. The molecular formula is C29H32N2O4. The summed E-state index contributed by atoms with van der Waals surface area (Å²) in [5.41, 5.74) is 6.60. The lowest BCUT2D eigenvalue weighted by atomic mass is 9.98. The zero-order valence-electron chi connectivity index (χ0n) is 19.9. The number of benzene rings is 3. The Bertz CT molecular complexity index is 1100. The van der Waals surface area contributed by atoms with Gasteiger partial charge in [0.2, 0.25) is 5.91 Å². The highest BCUT2D eigenvalue weighted by molar-refractivity contribution is 5.90. The molecule has 0 aromatic heterocycles. The summed E-state index contributed by atoms with van der Waals surface area (Å²) in [5, 5.41) is 2.89. The maximum absolute atomic E-state index is 12.3. The van der Waals surface area contributed by atoms with Crippen molar-refractivity contribution in [1.29, 1.82) is 0 Å². The predicted octanol–water partition coefficient (Wildman–Crippen LogP) is 5.71. The molecule has 0 heterocycles. The van der Waals surface area contributed by atoms with E-state index in [2.05, 4.69) is 34.4 Å². The van der Waals surface area contributed by atoms with Gasteiger partial charge in [-0.2, -0.15) is 0 Å². The lowest BCUT2D eigenvalue weighted by molar-refractivity contribution is -0.144. The molecule has 1 aliphatic carbocycles. The van der Waals surface area contributed by atoms with Crippen LogP contribution in [-0.4, -0.2) is 18.5 Å². The van der Waals surface area contributed by atoms with Crippen LogP contribution in [0.2, 0.25) is 0 Å². The fraction of sp³-hybridized carbons (Fsp3) is 0.310. The van der Waals surface area contributed by atoms with Crippen LogP contribution in [0.1, 0.15) is 61.1 Å². The Morgan fingerprint density at radius 3 is 2.00 bits per heavy atom. The quantitative estimate of drug-likeness (QED) is 0.200. The number of esters is 1. The first kappa shape index (κ1) is 24.6. The van der Waals surface area contributed by atoms with Gasteiger partial charge < -0.3 is 10.1 Å². The van der Waals surface area contributed by atoms with Crippen molar-refractivity contribution in [3.8, 4) is 11.1 Å². The maximum Gasteiger partial charge on any atom is 0.305 e. The van der Waals surface area contributed by atoms with Crippen molar-refractivity contribution < 1.29 is 19.2 Å². The number of carbonyl (C=O) groups excluding carboxylic acids is 2. The van der Waals surface area contributed by atoms with Crippen LogP contribution in [-0.2, 0) is 25.8 Å². The molecule has 0 radical (unpaired) electrons. The third-order valence-corrected chi connectivity index (χ3v) is 6.40. The minimum Gasteiger partial charge on any atom is -0.465 e. The van der Waals surface area contributed by atoms with Crippen molar-refractivity contribution in [2.45, 2.75) is 51.0 Å². The van der Waals surface area contributed by atoms with E-state index in [0.717, 1.165) is 36.9 Å². The van der Waals surface area contributed by atoms with E-state index >= 15 is 0 Å². The topological polar surface area (TPSA) is 90.6 Å². The van der Waals surface area contributed by atoms with Crippen molar-refractivity contribution in [3.63, 3.8) is 0 Å². The Morgan fingerprint density at radius 2 is 1.37 bits per heavy atom. The van der Waals surface area contributed by atoms with Crippen molar-refractivity contribution in [1.82, 2.24) is 0 Å². The molecule has 0 atom stereocenters. The summed E-state index contributed by atoms with van der Waals surface area (Å²) in [7, 11) is 0. The number of unbranched alkanes of at least 4 members (excludes halogenated alkanes) is 3. The van der Waals surface area contributed by atoms with Crippen LogP contribution in [0.4, 0.5) is 5.69 Å². The number of amides is 1. The highest BCUT2D eigenvalue weighted by Crippen LogP contribution is 2.44. The molecule has 0 saturated heterocycles. The minimum atomic E-state index is -0.159. The van der Waals surface area contributed by atoms with Gasteiger partial charge in [0.25, 0.3) is 0 Å². The average molecular weight is 473 g/mol. The second-order valence-corrected chi connectivity index (χ2v) is 8.88. The number of fused-ring (bicyclic) bond motifs is 3. The fourth-order valence-electron chi connectivity index (χ4n) is 4.60. The standard InChI is InChI=1S/C29H32N2O4/c30-35-19-21-15-17-22(18-16-21)31-28(32)13-3-1-2-4-14-29(33)34-20-27-25-11-7-5-9-23(25)24-10-6-8-12-26(24)27/h5-12,15-18,27H,1-4,13-14,19-20,30H2,(H,31,32). The summed E-state index contributed by atoms with van der Waals surface area (Å²) < 4.78 is 5.66. The molecule has 0 saturated carbocycles. The summed E-state index contributed by atoms with van der Waals surface area (Å²) >= 11 is 0. The van der Waals surface area contributed by atoms with Gasteiger partial charge in [0.1, 0.15) is 6.61 Å². The highest BCUT2D eigenvalue weighted by atomic mass is 16.6.